The summed E-state index contributed by atoms with van der Waals surface area (Å²) >= 11 is 0. The molecule has 3 N–H and O–H groups in total. The third kappa shape index (κ3) is 3.24. The maximum Gasteiger partial charge on any atom is 0.226 e. The van der Waals surface area contributed by atoms with Crippen molar-refractivity contribution in [3.05, 3.63) is 60.2 Å². The number of carbonyl (C=O) groups is 1. The molecule has 0 radical (unpaired) electrons. The predicted octanol–water partition coefficient (Wildman–Crippen LogP) is 4.38. The van der Waals surface area contributed by atoms with E-state index in [-0.39, 0.29) is 46.7 Å². The molecule has 148 valence electrons. The van der Waals surface area contributed by atoms with Gasteiger partial charge in [-0.05, 0) is 29.8 Å². The standard InChI is InChI=1S/C22H20FN3O3/c1-12(2)21(28)25-18-15-4-3-9-24-19(15)20(27)17-16(18)11-26(22(17)29)10-13-5-7-14(23)8-6-13/h3-9,11-12,27,29H,10H2,1-2H3,(H,25,28). The number of phenolic OH excluding ortho intramolecular Hbond substituents is 1. The second-order valence-corrected chi connectivity index (χ2v) is 7.26. The van der Waals surface area contributed by atoms with Crippen molar-refractivity contribution >= 4 is 33.3 Å². The van der Waals surface area contributed by atoms with Crippen molar-refractivity contribution in [2.24, 2.45) is 5.92 Å². The molecule has 29 heavy (non-hydrogen) atoms. The van der Waals surface area contributed by atoms with Crippen molar-refractivity contribution < 1.29 is 19.4 Å². The summed E-state index contributed by atoms with van der Waals surface area (Å²) in [6, 6.07) is 9.41. The number of hydrogen-bond acceptors (Lipinski definition) is 4. The predicted molar refractivity (Wildman–Crippen MR) is 110 cm³/mol. The van der Waals surface area contributed by atoms with Crippen LogP contribution in [0.1, 0.15) is 19.4 Å². The Labute approximate surface area is 166 Å². The van der Waals surface area contributed by atoms with E-state index in [4.69, 9.17) is 0 Å². The summed E-state index contributed by atoms with van der Waals surface area (Å²) in [7, 11) is 0. The molecule has 0 aliphatic carbocycles. The molecule has 0 atom stereocenters. The van der Waals surface area contributed by atoms with Gasteiger partial charge in [-0.1, -0.05) is 26.0 Å². The normalized spacial score (nSPS) is 11.4. The second-order valence-electron chi connectivity index (χ2n) is 7.26. The van der Waals surface area contributed by atoms with Crippen LogP contribution in [-0.2, 0) is 11.3 Å². The first-order chi connectivity index (χ1) is 13.9. The number of phenols is 1. The first kappa shape index (κ1) is 18.7. The number of halogens is 1. The van der Waals surface area contributed by atoms with E-state index in [1.807, 2.05) is 0 Å². The van der Waals surface area contributed by atoms with Gasteiger partial charge < -0.3 is 20.1 Å². The Hall–Kier alpha value is -3.61. The average Bonchev–Trinajstić information content (AvgIpc) is 3.03. The van der Waals surface area contributed by atoms with Crippen LogP contribution in [0.2, 0.25) is 0 Å². The third-order valence-corrected chi connectivity index (χ3v) is 4.90. The van der Waals surface area contributed by atoms with Crippen LogP contribution in [0.4, 0.5) is 10.1 Å². The average molecular weight is 393 g/mol. The minimum Gasteiger partial charge on any atom is -0.505 e. The summed E-state index contributed by atoms with van der Waals surface area (Å²) in [6.07, 6.45) is 3.20. The first-order valence-corrected chi connectivity index (χ1v) is 9.23. The molecule has 1 amide bonds. The van der Waals surface area contributed by atoms with E-state index in [0.717, 1.165) is 5.56 Å². The van der Waals surface area contributed by atoms with Gasteiger partial charge in [0.05, 0.1) is 17.6 Å². The number of aromatic hydroxyl groups is 2. The Morgan fingerprint density at radius 3 is 2.59 bits per heavy atom. The van der Waals surface area contributed by atoms with Gasteiger partial charge in [0.1, 0.15) is 11.3 Å². The lowest BCUT2D eigenvalue weighted by atomic mass is 10.1. The number of aromatic nitrogens is 2. The molecule has 0 bridgehead atoms. The number of rotatable bonds is 4. The van der Waals surface area contributed by atoms with Gasteiger partial charge in [-0.15, -0.1) is 0 Å². The number of anilines is 1. The summed E-state index contributed by atoms with van der Waals surface area (Å²) in [5.74, 6) is -1.10. The van der Waals surface area contributed by atoms with E-state index in [9.17, 15) is 19.4 Å². The zero-order valence-corrected chi connectivity index (χ0v) is 16.0. The zero-order valence-electron chi connectivity index (χ0n) is 16.0. The monoisotopic (exact) mass is 393 g/mol. The quantitative estimate of drug-likeness (QED) is 0.449. The zero-order chi connectivity index (χ0) is 20.7. The molecule has 4 rings (SSSR count). The molecular formula is C22H20FN3O3. The number of nitrogens with zero attached hydrogens (tertiary/aromatic N) is 2. The fourth-order valence-electron chi connectivity index (χ4n) is 3.34. The number of nitrogens with one attached hydrogen (secondary N) is 1. The lowest BCUT2D eigenvalue weighted by Gasteiger charge is -2.13. The van der Waals surface area contributed by atoms with E-state index < -0.39 is 0 Å². The van der Waals surface area contributed by atoms with E-state index in [1.54, 1.807) is 48.9 Å². The van der Waals surface area contributed by atoms with Crippen LogP contribution in [0.3, 0.4) is 0 Å². The molecule has 0 aliphatic rings. The molecule has 2 aromatic carbocycles. The Morgan fingerprint density at radius 2 is 1.90 bits per heavy atom. The topological polar surface area (TPSA) is 87.4 Å². The SMILES string of the molecule is CC(C)C(=O)Nc1c2cccnc2c(O)c2c(O)n(Cc3ccc(F)cc3)cc12. The highest BCUT2D eigenvalue weighted by Gasteiger charge is 2.22. The fraction of sp³-hybridized carbons (Fsp3) is 0.182. The smallest absolute Gasteiger partial charge is 0.226 e. The maximum atomic E-state index is 13.2. The molecular weight excluding hydrogens is 373 g/mol. The lowest BCUT2D eigenvalue weighted by Crippen LogP contribution is -2.18. The molecule has 0 unspecified atom stereocenters. The number of carbonyl (C=O) groups excluding carboxylic acids is 1. The molecule has 0 saturated heterocycles. The van der Waals surface area contributed by atoms with E-state index >= 15 is 0 Å². The van der Waals surface area contributed by atoms with Crippen molar-refractivity contribution in [1.82, 2.24) is 9.55 Å². The summed E-state index contributed by atoms with van der Waals surface area (Å²) in [5.41, 5.74) is 1.54. The second kappa shape index (κ2) is 7.09. The van der Waals surface area contributed by atoms with Gasteiger partial charge in [0.25, 0.3) is 0 Å². The van der Waals surface area contributed by atoms with Crippen LogP contribution in [0.25, 0.3) is 21.7 Å². The van der Waals surface area contributed by atoms with Crippen molar-refractivity contribution in [3.63, 3.8) is 0 Å². The van der Waals surface area contributed by atoms with Gasteiger partial charge in [0, 0.05) is 29.1 Å². The molecule has 0 spiro atoms. The van der Waals surface area contributed by atoms with Crippen molar-refractivity contribution in [2.75, 3.05) is 5.32 Å². The number of amides is 1. The highest BCUT2D eigenvalue weighted by atomic mass is 19.1. The van der Waals surface area contributed by atoms with Crippen LogP contribution in [0.5, 0.6) is 11.6 Å². The van der Waals surface area contributed by atoms with Crippen LogP contribution in [-0.4, -0.2) is 25.7 Å². The summed E-state index contributed by atoms with van der Waals surface area (Å²) in [5, 5.41) is 25.8. The van der Waals surface area contributed by atoms with Crippen LogP contribution in [0, 0.1) is 11.7 Å². The Balaban J connectivity index is 1.94. The minimum absolute atomic E-state index is 0.158. The number of benzene rings is 2. The van der Waals surface area contributed by atoms with Crippen molar-refractivity contribution in [1.29, 1.82) is 0 Å². The largest absolute Gasteiger partial charge is 0.505 e. The first-order valence-electron chi connectivity index (χ1n) is 9.23. The van der Waals surface area contributed by atoms with Crippen LogP contribution >= 0.6 is 0 Å². The number of pyridine rings is 1. The molecule has 0 fully saturated rings. The van der Waals surface area contributed by atoms with Gasteiger partial charge >= 0.3 is 0 Å². The highest BCUT2D eigenvalue weighted by molar-refractivity contribution is 6.19. The number of fused-ring (bicyclic) bond motifs is 2. The molecule has 0 aliphatic heterocycles. The van der Waals surface area contributed by atoms with Gasteiger partial charge in [0.15, 0.2) is 5.75 Å². The lowest BCUT2D eigenvalue weighted by molar-refractivity contribution is -0.118. The Kier molecular flexibility index (Phi) is 4.58. The number of hydrogen-bond donors (Lipinski definition) is 3. The summed E-state index contributed by atoms with van der Waals surface area (Å²) < 4.78 is 14.7. The van der Waals surface area contributed by atoms with Crippen LogP contribution < -0.4 is 5.32 Å². The molecule has 2 heterocycles. The summed E-state index contributed by atoms with van der Waals surface area (Å²) in [4.78, 5) is 16.6. The van der Waals surface area contributed by atoms with Crippen molar-refractivity contribution in [2.45, 2.75) is 20.4 Å². The Bertz CT molecular complexity index is 1230. The van der Waals surface area contributed by atoms with E-state index in [1.165, 1.54) is 18.3 Å². The minimum atomic E-state index is -0.343. The molecule has 4 aromatic rings. The highest BCUT2D eigenvalue weighted by Crippen LogP contribution is 2.45. The van der Waals surface area contributed by atoms with E-state index in [0.29, 0.717) is 16.5 Å². The van der Waals surface area contributed by atoms with Gasteiger partial charge in [-0.3, -0.25) is 9.78 Å². The van der Waals surface area contributed by atoms with Crippen LogP contribution in [0.15, 0.2) is 48.8 Å². The third-order valence-electron chi connectivity index (χ3n) is 4.90. The van der Waals surface area contributed by atoms with Gasteiger partial charge in [-0.25, -0.2) is 4.39 Å². The Morgan fingerprint density at radius 1 is 1.17 bits per heavy atom. The maximum absolute atomic E-state index is 13.2. The van der Waals surface area contributed by atoms with Gasteiger partial charge in [0.2, 0.25) is 11.8 Å². The molecule has 7 heteroatoms. The van der Waals surface area contributed by atoms with E-state index in [2.05, 4.69) is 10.3 Å². The molecule has 6 nitrogen and oxygen atoms in total. The van der Waals surface area contributed by atoms with Crippen molar-refractivity contribution in [3.8, 4) is 11.6 Å². The van der Waals surface area contributed by atoms with Gasteiger partial charge in [-0.2, -0.15) is 0 Å². The molecule has 0 saturated carbocycles. The summed E-state index contributed by atoms with van der Waals surface area (Å²) in [6.45, 7) is 3.83. The fourth-order valence-corrected chi connectivity index (χ4v) is 3.34. The molecule has 2 aromatic heterocycles.